The molecule has 1 rings (SSSR count). The molecule has 0 amide bonds. The SMILES string of the molecule is COn1ccnc1CC=O. The van der Waals surface area contributed by atoms with Crippen LogP contribution in [-0.4, -0.2) is 23.1 Å². The maximum atomic E-state index is 10.0. The first kappa shape index (κ1) is 6.80. The van der Waals surface area contributed by atoms with Gasteiger partial charge in [0.15, 0.2) is 5.82 Å². The van der Waals surface area contributed by atoms with E-state index in [0.29, 0.717) is 12.2 Å². The van der Waals surface area contributed by atoms with Gasteiger partial charge in [0.25, 0.3) is 0 Å². The number of imidazole rings is 1. The molecule has 0 aliphatic carbocycles. The Kier molecular flexibility index (Phi) is 2.04. The van der Waals surface area contributed by atoms with E-state index in [0.717, 1.165) is 6.29 Å². The van der Waals surface area contributed by atoms with Gasteiger partial charge >= 0.3 is 0 Å². The second kappa shape index (κ2) is 3.00. The van der Waals surface area contributed by atoms with E-state index in [1.54, 1.807) is 12.4 Å². The quantitative estimate of drug-likeness (QED) is 0.540. The molecule has 54 valence electrons. The van der Waals surface area contributed by atoms with Crippen LogP contribution in [0, 0.1) is 0 Å². The molecule has 0 aliphatic heterocycles. The maximum Gasteiger partial charge on any atom is 0.151 e. The van der Waals surface area contributed by atoms with Crippen LogP contribution < -0.4 is 4.84 Å². The van der Waals surface area contributed by atoms with Crippen molar-refractivity contribution in [1.82, 2.24) is 9.71 Å². The van der Waals surface area contributed by atoms with Crippen LogP contribution in [0.25, 0.3) is 0 Å². The normalized spacial score (nSPS) is 9.30. The summed E-state index contributed by atoms with van der Waals surface area (Å²) in [5.41, 5.74) is 0. The predicted molar refractivity (Wildman–Crippen MR) is 34.5 cm³/mol. The van der Waals surface area contributed by atoms with Crippen LogP contribution in [0.15, 0.2) is 12.4 Å². The second-order valence-corrected chi connectivity index (χ2v) is 1.72. The van der Waals surface area contributed by atoms with Gasteiger partial charge in [-0.05, 0) is 0 Å². The summed E-state index contributed by atoms with van der Waals surface area (Å²) >= 11 is 0. The number of aromatic nitrogens is 2. The van der Waals surface area contributed by atoms with Gasteiger partial charge in [-0.2, -0.15) is 4.73 Å². The summed E-state index contributed by atoms with van der Waals surface area (Å²) < 4.78 is 1.45. The zero-order valence-electron chi connectivity index (χ0n) is 5.65. The highest BCUT2D eigenvalue weighted by molar-refractivity contribution is 5.52. The molecule has 0 spiro atoms. The first-order chi connectivity index (χ1) is 4.88. The number of aldehydes is 1. The summed E-state index contributed by atoms with van der Waals surface area (Å²) in [5.74, 6) is 0.623. The van der Waals surface area contributed by atoms with Gasteiger partial charge in [-0.3, -0.25) is 0 Å². The molecule has 4 heteroatoms. The summed E-state index contributed by atoms with van der Waals surface area (Å²) in [6, 6.07) is 0. The molecule has 0 saturated heterocycles. The smallest absolute Gasteiger partial charge is 0.151 e. The van der Waals surface area contributed by atoms with Crippen molar-refractivity contribution < 1.29 is 9.63 Å². The molecule has 0 N–H and O–H groups in total. The molecule has 0 bridgehead atoms. The third-order valence-electron chi connectivity index (χ3n) is 1.14. The summed E-state index contributed by atoms with van der Waals surface area (Å²) in [4.78, 5) is 18.7. The fourth-order valence-electron chi connectivity index (χ4n) is 0.706. The lowest BCUT2D eigenvalue weighted by Gasteiger charge is -2.00. The first-order valence-electron chi connectivity index (χ1n) is 2.89. The molecule has 10 heavy (non-hydrogen) atoms. The maximum absolute atomic E-state index is 10.0. The molecule has 0 aromatic carbocycles. The Bertz CT molecular complexity index is 219. The van der Waals surface area contributed by atoms with E-state index >= 15 is 0 Å². The zero-order chi connectivity index (χ0) is 7.40. The van der Waals surface area contributed by atoms with Crippen LogP contribution in [0.5, 0.6) is 0 Å². The van der Waals surface area contributed by atoms with E-state index in [4.69, 9.17) is 4.84 Å². The topological polar surface area (TPSA) is 44.1 Å². The van der Waals surface area contributed by atoms with Crippen molar-refractivity contribution in [1.29, 1.82) is 0 Å². The van der Waals surface area contributed by atoms with Gasteiger partial charge in [0.2, 0.25) is 0 Å². The molecule has 1 aromatic rings. The van der Waals surface area contributed by atoms with Crippen LogP contribution in [0.3, 0.4) is 0 Å². The molecule has 0 unspecified atom stereocenters. The van der Waals surface area contributed by atoms with Gasteiger partial charge < -0.3 is 9.63 Å². The average molecular weight is 140 g/mol. The second-order valence-electron chi connectivity index (χ2n) is 1.72. The van der Waals surface area contributed by atoms with Crippen molar-refractivity contribution in [3.05, 3.63) is 18.2 Å². The van der Waals surface area contributed by atoms with Gasteiger partial charge in [-0.1, -0.05) is 0 Å². The van der Waals surface area contributed by atoms with E-state index in [1.165, 1.54) is 11.8 Å². The van der Waals surface area contributed by atoms with Gasteiger partial charge in [0.1, 0.15) is 13.4 Å². The first-order valence-corrected chi connectivity index (χ1v) is 2.89. The molecule has 1 aromatic heterocycles. The molecule has 1 heterocycles. The molecule has 0 saturated carbocycles. The standard InChI is InChI=1S/C6H8N2O2/c1-10-8-4-3-7-6(8)2-5-9/h3-5H,2H2,1H3. The number of nitrogens with zero attached hydrogens (tertiary/aromatic N) is 2. The minimum Gasteiger partial charge on any atom is -0.416 e. The lowest BCUT2D eigenvalue weighted by atomic mass is 10.5. The fraction of sp³-hybridized carbons (Fsp3) is 0.333. The van der Waals surface area contributed by atoms with Gasteiger partial charge in [-0.15, -0.1) is 0 Å². The van der Waals surface area contributed by atoms with Crippen molar-refractivity contribution in [2.24, 2.45) is 0 Å². The molecule has 0 fully saturated rings. The highest BCUT2D eigenvalue weighted by Crippen LogP contribution is 1.92. The lowest BCUT2D eigenvalue weighted by molar-refractivity contribution is -0.107. The largest absolute Gasteiger partial charge is 0.416 e. The summed E-state index contributed by atoms with van der Waals surface area (Å²) in [5, 5.41) is 0. The number of hydrogen-bond acceptors (Lipinski definition) is 3. The Morgan fingerprint density at radius 1 is 1.90 bits per heavy atom. The van der Waals surface area contributed by atoms with Crippen LogP contribution in [0.2, 0.25) is 0 Å². The highest BCUT2D eigenvalue weighted by Gasteiger charge is 1.98. The van der Waals surface area contributed by atoms with Gasteiger partial charge in [0.05, 0.1) is 12.6 Å². The molecule has 0 aliphatic rings. The summed E-state index contributed by atoms with van der Waals surface area (Å²) in [7, 11) is 1.52. The van der Waals surface area contributed by atoms with E-state index in [9.17, 15) is 4.79 Å². The van der Waals surface area contributed by atoms with E-state index in [2.05, 4.69) is 4.98 Å². The van der Waals surface area contributed by atoms with E-state index in [1.807, 2.05) is 0 Å². The third kappa shape index (κ3) is 1.15. The van der Waals surface area contributed by atoms with Gasteiger partial charge in [-0.25, -0.2) is 4.98 Å². The van der Waals surface area contributed by atoms with Crippen LogP contribution in [-0.2, 0) is 11.2 Å². The molecule has 0 radical (unpaired) electrons. The lowest BCUT2D eigenvalue weighted by Crippen LogP contribution is -2.09. The average Bonchev–Trinajstić information content (AvgIpc) is 2.36. The van der Waals surface area contributed by atoms with Crippen LogP contribution >= 0.6 is 0 Å². The Balaban J connectivity index is 2.79. The Morgan fingerprint density at radius 2 is 2.70 bits per heavy atom. The Hall–Kier alpha value is -1.32. The fourth-order valence-corrected chi connectivity index (χ4v) is 0.706. The molecular formula is C6H8N2O2. The summed E-state index contributed by atoms with van der Waals surface area (Å²) in [6.45, 7) is 0. The minimum absolute atomic E-state index is 0.292. The zero-order valence-corrected chi connectivity index (χ0v) is 5.65. The highest BCUT2D eigenvalue weighted by atomic mass is 16.6. The number of hydrogen-bond donors (Lipinski definition) is 0. The molecule has 4 nitrogen and oxygen atoms in total. The monoisotopic (exact) mass is 140 g/mol. The molecular weight excluding hydrogens is 132 g/mol. The molecule has 0 atom stereocenters. The number of rotatable bonds is 3. The van der Waals surface area contributed by atoms with Crippen molar-refractivity contribution in [2.75, 3.05) is 7.11 Å². The van der Waals surface area contributed by atoms with Crippen molar-refractivity contribution >= 4 is 6.29 Å². The van der Waals surface area contributed by atoms with E-state index < -0.39 is 0 Å². The number of carbonyl (C=O) groups excluding carboxylic acids is 1. The minimum atomic E-state index is 0.292. The number of carbonyl (C=O) groups is 1. The summed E-state index contributed by atoms with van der Waals surface area (Å²) in [6.07, 6.45) is 4.32. The van der Waals surface area contributed by atoms with E-state index in [-0.39, 0.29) is 0 Å². The predicted octanol–water partition coefficient (Wildman–Crippen LogP) is -0.317. The van der Waals surface area contributed by atoms with Gasteiger partial charge in [0, 0.05) is 6.20 Å². The van der Waals surface area contributed by atoms with Crippen molar-refractivity contribution in [2.45, 2.75) is 6.42 Å². The van der Waals surface area contributed by atoms with Crippen LogP contribution in [0.4, 0.5) is 0 Å². The van der Waals surface area contributed by atoms with Crippen molar-refractivity contribution in [3.8, 4) is 0 Å². The Labute approximate surface area is 58.4 Å². The van der Waals surface area contributed by atoms with Crippen LogP contribution in [0.1, 0.15) is 5.82 Å². The van der Waals surface area contributed by atoms with Crippen molar-refractivity contribution in [3.63, 3.8) is 0 Å². The Morgan fingerprint density at radius 3 is 3.30 bits per heavy atom. The third-order valence-corrected chi connectivity index (χ3v) is 1.14.